The summed E-state index contributed by atoms with van der Waals surface area (Å²) < 4.78 is 10.6. The van der Waals surface area contributed by atoms with E-state index in [1.54, 1.807) is 24.3 Å². The van der Waals surface area contributed by atoms with E-state index in [0.717, 1.165) is 11.1 Å². The molecule has 1 amide bonds. The van der Waals surface area contributed by atoms with Gasteiger partial charge in [0.25, 0.3) is 5.91 Å². The van der Waals surface area contributed by atoms with Crippen LogP contribution in [0.5, 0.6) is 5.75 Å². The van der Waals surface area contributed by atoms with Crippen molar-refractivity contribution >= 4 is 28.3 Å². The minimum Gasteiger partial charge on any atom is -0.484 e. The number of nitrogens with zero attached hydrogens (tertiary/aromatic N) is 1. The van der Waals surface area contributed by atoms with Crippen LogP contribution in [-0.2, 0) is 4.79 Å². The van der Waals surface area contributed by atoms with E-state index in [9.17, 15) is 9.59 Å². The van der Waals surface area contributed by atoms with E-state index in [2.05, 4.69) is 5.32 Å². The summed E-state index contributed by atoms with van der Waals surface area (Å²) in [6.45, 7) is -0.148. The molecule has 3 aromatic rings. The molecule has 0 aliphatic carbocycles. The molecule has 0 aliphatic heterocycles. The first-order chi connectivity index (χ1) is 12.0. The molecule has 2 aromatic carbocycles. The number of anilines is 2. The van der Waals surface area contributed by atoms with Crippen molar-refractivity contribution in [2.24, 2.45) is 0 Å². The van der Waals surface area contributed by atoms with E-state index in [0.29, 0.717) is 17.0 Å². The van der Waals surface area contributed by atoms with E-state index >= 15 is 0 Å². The Hall–Kier alpha value is -3.28. The Morgan fingerprint density at radius 3 is 2.68 bits per heavy atom. The topological polar surface area (TPSA) is 71.8 Å². The summed E-state index contributed by atoms with van der Waals surface area (Å²) in [5.41, 5.74) is 1.61. The van der Waals surface area contributed by atoms with Crippen molar-refractivity contribution in [2.45, 2.75) is 0 Å². The minimum absolute atomic E-state index is 0.148. The average Bonchev–Trinajstić information content (AvgIpc) is 2.60. The van der Waals surface area contributed by atoms with Crippen LogP contribution in [0.15, 0.2) is 63.8 Å². The van der Waals surface area contributed by atoms with Gasteiger partial charge < -0.3 is 19.4 Å². The first-order valence-electron chi connectivity index (χ1n) is 7.76. The third-order valence-corrected chi connectivity index (χ3v) is 3.62. The van der Waals surface area contributed by atoms with Crippen molar-refractivity contribution < 1.29 is 13.9 Å². The number of hydrogen-bond donors (Lipinski definition) is 1. The molecular weight excluding hydrogens is 320 g/mol. The number of ether oxygens (including phenoxy) is 1. The van der Waals surface area contributed by atoms with Crippen molar-refractivity contribution in [1.82, 2.24) is 0 Å². The van der Waals surface area contributed by atoms with Crippen molar-refractivity contribution in [3.8, 4) is 5.75 Å². The summed E-state index contributed by atoms with van der Waals surface area (Å²) in [5.74, 6) is 0.182. The van der Waals surface area contributed by atoms with E-state index in [-0.39, 0.29) is 12.5 Å². The van der Waals surface area contributed by atoms with E-state index in [4.69, 9.17) is 9.15 Å². The molecule has 1 aromatic heterocycles. The Morgan fingerprint density at radius 1 is 1.12 bits per heavy atom. The zero-order valence-electron chi connectivity index (χ0n) is 14.0. The molecule has 25 heavy (non-hydrogen) atoms. The third-order valence-electron chi connectivity index (χ3n) is 3.62. The zero-order chi connectivity index (χ0) is 17.8. The standard InChI is InChI=1S/C19H18N2O4/c1-21(2)16-6-4-3-5-15(16)20-18(22)12-24-14-9-7-13-8-10-19(23)25-17(13)11-14/h3-11H,12H2,1-2H3,(H,20,22). The number of carbonyl (C=O) groups is 1. The van der Waals surface area contributed by atoms with Gasteiger partial charge in [-0.25, -0.2) is 4.79 Å². The van der Waals surface area contributed by atoms with Gasteiger partial charge in [-0.3, -0.25) is 4.79 Å². The molecule has 1 heterocycles. The number of hydrogen-bond acceptors (Lipinski definition) is 5. The minimum atomic E-state index is -0.428. The van der Waals surface area contributed by atoms with Crippen LogP contribution < -0.4 is 20.6 Å². The van der Waals surface area contributed by atoms with E-state index in [1.807, 2.05) is 43.3 Å². The fourth-order valence-electron chi connectivity index (χ4n) is 2.44. The molecule has 0 bridgehead atoms. The SMILES string of the molecule is CN(C)c1ccccc1NC(=O)COc1ccc2ccc(=O)oc2c1. The van der Waals surface area contributed by atoms with Crippen LogP contribution in [0.2, 0.25) is 0 Å². The molecule has 0 atom stereocenters. The largest absolute Gasteiger partial charge is 0.484 e. The highest BCUT2D eigenvalue weighted by atomic mass is 16.5. The Labute approximate surface area is 144 Å². The molecule has 0 unspecified atom stereocenters. The molecule has 0 saturated carbocycles. The predicted octanol–water partition coefficient (Wildman–Crippen LogP) is 2.88. The molecule has 0 radical (unpaired) electrons. The summed E-state index contributed by atoms with van der Waals surface area (Å²) in [7, 11) is 3.81. The Morgan fingerprint density at radius 2 is 1.88 bits per heavy atom. The molecular formula is C19H18N2O4. The molecule has 0 aliphatic rings. The number of nitrogens with one attached hydrogen (secondary N) is 1. The number of carbonyl (C=O) groups excluding carboxylic acids is 1. The van der Waals surface area contributed by atoms with Crippen molar-refractivity contribution in [3.05, 3.63) is 65.0 Å². The van der Waals surface area contributed by atoms with E-state index in [1.165, 1.54) is 6.07 Å². The zero-order valence-corrected chi connectivity index (χ0v) is 14.0. The van der Waals surface area contributed by atoms with Gasteiger partial charge in [-0.1, -0.05) is 12.1 Å². The van der Waals surface area contributed by atoms with Crippen LogP contribution in [0.1, 0.15) is 0 Å². The number of rotatable bonds is 5. The van der Waals surface area contributed by atoms with Crippen LogP contribution in [0.4, 0.5) is 11.4 Å². The van der Waals surface area contributed by atoms with Gasteiger partial charge >= 0.3 is 5.63 Å². The normalized spacial score (nSPS) is 10.5. The van der Waals surface area contributed by atoms with Crippen molar-refractivity contribution in [2.75, 3.05) is 30.9 Å². The van der Waals surface area contributed by atoms with Crippen LogP contribution in [0.3, 0.4) is 0 Å². The third kappa shape index (κ3) is 3.98. The Balaban J connectivity index is 1.67. The summed E-state index contributed by atoms with van der Waals surface area (Å²) in [6.07, 6.45) is 0. The Bertz CT molecular complexity index is 963. The van der Waals surface area contributed by atoms with Crippen LogP contribution >= 0.6 is 0 Å². The lowest BCUT2D eigenvalue weighted by Crippen LogP contribution is -2.22. The molecule has 3 rings (SSSR count). The Kier molecular flexibility index (Phi) is 4.70. The first kappa shape index (κ1) is 16.6. The van der Waals surface area contributed by atoms with Gasteiger partial charge in [-0.05, 0) is 30.3 Å². The number of para-hydroxylation sites is 2. The summed E-state index contributed by atoms with van der Waals surface area (Å²) in [6, 6.07) is 15.6. The maximum Gasteiger partial charge on any atom is 0.336 e. The van der Waals surface area contributed by atoms with Crippen LogP contribution in [0, 0.1) is 0 Å². The van der Waals surface area contributed by atoms with Crippen molar-refractivity contribution in [1.29, 1.82) is 0 Å². The molecule has 128 valence electrons. The second kappa shape index (κ2) is 7.09. The molecule has 0 spiro atoms. The van der Waals surface area contributed by atoms with E-state index < -0.39 is 5.63 Å². The van der Waals surface area contributed by atoms with Gasteiger partial charge in [0.15, 0.2) is 6.61 Å². The maximum absolute atomic E-state index is 12.2. The summed E-state index contributed by atoms with van der Waals surface area (Å²) >= 11 is 0. The predicted molar refractivity (Wildman–Crippen MR) is 97.4 cm³/mol. The lowest BCUT2D eigenvalue weighted by atomic mass is 10.2. The fraction of sp³-hybridized carbons (Fsp3) is 0.158. The first-order valence-corrected chi connectivity index (χ1v) is 7.76. The monoisotopic (exact) mass is 338 g/mol. The highest BCUT2D eigenvalue weighted by Gasteiger charge is 2.09. The molecule has 1 N–H and O–H groups in total. The number of fused-ring (bicyclic) bond motifs is 1. The summed E-state index contributed by atoms with van der Waals surface area (Å²) in [4.78, 5) is 25.3. The van der Waals surface area contributed by atoms with Gasteiger partial charge in [0.1, 0.15) is 11.3 Å². The van der Waals surface area contributed by atoms with Gasteiger partial charge in [0, 0.05) is 31.6 Å². The second-order valence-corrected chi connectivity index (χ2v) is 5.70. The fourth-order valence-corrected chi connectivity index (χ4v) is 2.44. The van der Waals surface area contributed by atoms with Gasteiger partial charge in [-0.2, -0.15) is 0 Å². The molecule has 0 fully saturated rings. The smallest absolute Gasteiger partial charge is 0.336 e. The van der Waals surface area contributed by atoms with Crippen LogP contribution in [-0.4, -0.2) is 26.6 Å². The quantitative estimate of drug-likeness (QED) is 0.724. The average molecular weight is 338 g/mol. The second-order valence-electron chi connectivity index (χ2n) is 5.70. The molecule has 0 saturated heterocycles. The van der Waals surface area contributed by atoms with Crippen LogP contribution in [0.25, 0.3) is 11.0 Å². The maximum atomic E-state index is 12.2. The number of benzene rings is 2. The highest BCUT2D eigenvalue weighted by molar-refractivity contribution is 5.95. The van der Waals surface area contributed by atoms with Gasteiger partial charge in [0.2, 0.25) is 0 Å². The molecule has 6 heteroatoms. The van der Waals surface area contributed by atoms with Gasteiger partial charge in [-0.15, -0.1) is 0 Å². The highest BCUT2D eigenvalue weighted by Crippen LogP contribution is 2.23. The lowest BCUT2D eigenvalue weighted by Gasteiger charge is -2.17. The number of amides is 1. The van der Waals surface area contributed by atoms with Crippen molar-refractivity contribution in [3.63, 3.8) is 0 Å². The lowest BCUT2D eigenvalue weighted by molar-refractivity contribution is -0.118. The molecule has 6 nitrogen and oxygen atoms in total. The summed E-state index contributed by atoms with van der Waals surface area (Å²) in [5, 5.41) is 3.62. The van der Waals surface area contributed by atoms with Gasteiger partial charge in [0.05, 0.1) is 11.4 Å².